The first-order valence-electron chi connectivity index (χ1n) is 8.77. The molecule has 0 fully saturated rings. The highest BCUT2D eigenvalue weighted by atomic mass is 16.5. The molecule has 6 heteroatoms. The van der Waals surface area contributed by atoms with Crippen molar-refractivity contribution in [2.24, 2.45) is 0 Å². The van der Waals surface area contributed by atoms with Crippen LogP contribution in [0.4, 0.5) is 11.4 Å². The van der Waals surface area contributed by atoms with Gasteiger partial charge in [0.1, 0.15) is 12.4 Å². The van der Waals surface area contributed by atoms with Gasteiger partial charge in [0.05, 0.1) is 18.7 Å². The largest absolute Gasteiger partial charge is 0.490 e. The highest BCUT2D eigenvalue weighted by molar-refractivity contribution is 5.94. The number of carbonyl (C=O) groups is 2. The molecule has 0 aliphatic rings. The van der Waals surface area contributed by atoms with Crippen molar-refractivity contribution in [3.8, 4) is 5.75 Å². The quantitative estimate of drug-likeness (QED) is 0.492. The van der Waals surface area contributed by atoms with E-state index in [0.717, 1.165) is 12.1 Å². The van der Waals surface area contributed by atoms with E-state index in [-0.39, 0.29) is 18.4 Å². The summed E-state index contributed by atoms with van der Waals surface area (Å²) in [5.74, 6) is 0.187. The molecule has 2 aromatic rings. The maximum Gasteiger partial charge on any atom is 0.338 e. The summed E-state index contributed by atoms with van der Waals surface area (Å²) in [7, 11) is 0. The van der Waals surface area contributed by atoms with Gasteiger partial charge in [-0.1, -0.05) is 19.6 Å². The average Bonchev–Trinajstić information content (AvgIpc) is 2.70. The van der Waals surface area contributed by atoms with Crippen LogP contribution in [-0.2, 0) is 9.53 Å². The van der Waals surface area contributed by atoms with E-state index in [9.17, 15) is 9.59 Å². The van der Waals surface area contributed by atoms with Gasteiger partial charge < -0.3 is 20.1 Å². The van der Waals surface area contributed by atoms with Gasteiger partial charge in [-0.05, 0) is 55.0 Å². The Morgan fingerprint density at radius 3 is 2.33 bits per heavy atom. The fourth-order valence-electron chi connectivity index (χ4n) is 2.18. The van der Waals surface area contributed by atoms with Gasteiger partial charge in [-0.3, -0.25) is 4.79 Å². The molecule has 0 saturated carbocycles. The molecule has 0 radical (unpaired) electrons. The molecule has 0 aliphatic heterocycles. The molecule has 0 atom stereocenters. The Kier molecular flexibility index (Phi) is 7.91. The number of nitrogens with one attached hydrogen (secondary N) is 2. The predicted molar refractivity (Wildman–Crippen MR) is 106 cm³/mol. The molecule has 0 aliphatic carbocycles. The molecule has 142 valence electrons. The van der Waals surface area contributed by atoms with Crippen LogP contribution < -0.4 is 15.4 Å². The normalized spacial score (nSPS) is 9.96. The van der Waals surface area contributed by atoms with E-state index < -0.39 is 0 Å². The highest BCUT2D eigenvalue weighted by Gasteiger charge is 2.07. The number of anilines is 2. The first kappa shape index (κ1) is 20.0. The molecule has 0 unspecified atom stereocenters. The van der Waals surface area contributed by atoms with Gasteiger partial charge >= 0.3 is 5.97 Å². The van der Waals surface area contributed by atoms with Crippen LogP contribution in [0, 0.1) is 0 Å². The maximum absolute atomic E-state index is 12.0. The number of rotatable bonds is 10. The zero-order valence-corrected chi connectivity index (χ0v) is 15.4. The molecule has 0 aromatic heterocycles. The van der Waals surface area contributed by atoms with Gasteiger partial charge in [0.15, 0.2) is 0 Å². The summed E-state index contributed by atoms with van der Waals surface area (Å²) in [6, 6.07) is 13.9. The van der Waals surface area contributed by atoms with E-state index in [4.69, 9.17) is 9.47 Å². The smallest absolute Gasteiger partial charge is 0.338 e. The molecule has 0 heterocycles. The minimum absolute atomic E-state index is 0.105. The number of benzene rings is 2. The van der Waals surface area contributed by atoms with Crippen molar-refractivity contribution in [3.05, 3.63) is 66.7 Å². The van der Waals surface area contributed by atoms with Gasteiger partial charge in [-0.2, -0.15) is 0 Å². The number of carbonyl (C=O) groups excluding carboxylic acids is 2. The predicted octanol–water partition coefficient (Wildman–Crippen LogP) is 3.87. The topological polar surface area (TPSA) is 76.7 Å². The Hall–Kier alpha value is -3.28. The van der Waals surface area contributed by atoms with Crippen LogP contribution in [0.3, 0.4) is 0 Å². The molecule has 2 aromatic carbocycles. The Bertz CT molecular complexity index is 755. The lowest BCUT2D eigenvalue weighted by atomic mass is 10.2. The number of hydrogen-bond donors (Lipinski definition) is 2. The van der Waals surface area contributed by atoms with Crippen LogP contribution >= 0.6 is 0 Å². The zero-order chi connectivity index (χ0) is 19.5. The minimum atomic E-state index is -0.346. The average molecular weight is 368 g/mol. The maximum atomic E-state index is 12.0. The van der Waals surface area contributed by atoms with Crippen LogP contribution in [0.1, 0.15) is 23.7 Å². The van der Waals surface area contributed by atoms with E-state index in [2.05, 4.69) is 17.2 Å². The van der Waals surface area contributed by atoms with E-state index in [1.165, 1.54) is 0 Å². The molecule has 2 rings (SSSR count). The van der Waals surface area contributed by atoms with Crippen molar-refractivity contribution in [1.29, 1.82) is 0 Å². The first-order chi connectivity index (χ1) is 13.1. The monoisotopic (exact) mass is 368 g/mol. The molecule has 2 N–H and O–H groups in total. The molecule has 0 spiro atoms. The van der Waals surface area contributed by atoms with E-state index >= 15 is 0 Å². The molecule has 0 bridgehead atoms. The fourth-order valence-corrected chi connectivity index (χ4v) is 2.18. The second kappa shape index (κ2) is 10.7. The summed E-state index contributed by atoms with van der Waals surface area (Å²) in [6.45, 7) is 6.48. The van der Waals surface area contributed by atoms with Gasteiger partial charge in [0.25, 0.3) is 0 Å². The summed E-state index contributed by atoms with van der Waals surface area (Å²) in [6.07, 6.45) is 2.45. The third-order valence-corrected chi connectivity index (χ3v) is 3.52. The van der Waals surface area contributed by atoms with Gasteiger partial charge in [0.2, 0.25) is 5.91 Å². The van der Waals surface area contributed by atoms with Crippen molar-refractivity contribution < 1.29 is 19.1 Å². The minimum Gasteiger partial charge on any atom is -0.490 e. The lowest BCUT2D eigenvalue weighted by Gasteiger charge is -2.09. The van der Waals surface area contributed by atoms with Crippen LogP contribution in [0.5, 0.6) is 5.75 Å². The third-order valence-electron chi connectivity index (χ3n) is 3.52. The van der Waals surface area contributed by atoms with Crippen molar-refractivity contribution in [3.63, 3.8) is 0 Å². The van der Waals surface area contributed by atoms with Crippen molar-refractivity contribution in [2.45, 2.75) is 13.3 Å². The second-order valence-electron chi connectivity index (χ2n) is 5.74. The number of ether oxygens (including phenoxy) is 2. The number of amides is 1. The van der Waals surface area contributed by atoms with Crippen LogP contribution in [-0.4, -0.2) is 31.6 Å². The Balaban J connectivity index is 1.79. The summed E-state index contributed by atoms with van der Waals surface area (Å²) < 4.78 is 10.5. The first-order valence-corrected chi connectivity index (χ1v) is 8.77. The summed E-state index contributed by atoms with van der Waals surface area (Å²) in [5.41, 5.74) is 1.91. The lowest BCUT2D eigenvalue weighted by molar-refractivity contribution is -0.114. The van der Waals surface area contributed by atoms with E-state index in [0.29, 0.717) is 30.2 Å². The standard InChI is InChI=1S/C21H24N2O4/c1-3-13-26-19-11-9-18(10-12-19)23-20(24)15-22-17-7-5-16(6-8-17)21(25)27-14-4-2/h3,5-12,22H,1,4,13-15H2,2H3,(H,23,24). The zero-order valence-electron chi connectivity index (χ0n) is 15.4. The lowest BCUT2D eigenvalue weighted by Crippen LogP contribution is -2.21. The molecule has 27 heavy (non-hydrogen) atoms. The van der Waals surface area contributed by atoms with Crippen LogP contribution in [0.2, 0.25) is 0 Å². The number of hydrogen-bond acceptors (Lipinski definition) is 5. The molecular formula is C21H24N2O4. The highest BCUT2D eigenvalue weighted by Crippen LogP contribution is 2.16. The Morgan fingerprint density at radius 1 is 1.04 bits per heavy atom. The summed E-state index contributed by atoms with van der Waals surface area (Å²) in [4.78, 5) is 23.8. The fraction of sp³-hybridized carbons (Fsp3) is 0.238. The second-order valence-corrected chi connectivity index (χ2v) is 5.74. The Morgan fingerprint density at radius 2 is 1.70 bits per heavy atom. The van der Waals surface area contributed by atoms with Crippen LogP contribution in [0.15, 0.2) is 61.2 Å². The van der Waals surface area contributed by atoms with Gasteiger partial charge in [-0.25, -0.2) is 4.79 Å². The van der Waals surface area contributed by atoms with E-state index in [1.807, 2.05) is 6.92 Å². The SMILES string of the molecule is C=CCOc1ccc(NC(=O)CNc2ccc(C(=O)OCCC)cc2)cc1. The number of esters is 1. The summed E-state index contributed by atoms with van der Waals surface area (Å²) in [5, 5.41) is 5.81. The molecular weight excluding hydrogens is 344 g/mol. The van der Waals surface area contributed by atoms with Crippen molar-refractivity contribution in [1.82, 2.24) is 0 Å². The summed E-state index contributed by atoms with van der Waals surface area (Å²) >= 11 is 0. The molecule has 6 nitrogen and oxygen atoms in total. The molecule has 1 amide bonds. The molecule has 0 saturated heterocycles. The van der Waals surface area contributed by atoms with Gasteiger partial charge in [-0.15, -0.1) is 0 Å². The van der Waals surface area contributed by atoms with E-state index in [1.54, 1.807) is 54.6 Å². The van der Waals surface area contributed by atoms with Crippen molar-refractivity contribution >= 4 is 23.3 Å². The Labute approximate surface area is 159 Å². The third kappa shape index (κ3) is 6.86. The van der Waals surface area contributed by atoms with Gasteiger partial charge in [0, 0.05) is 11.4 Å². The van der Waals surface area contributed by atoms with Crippen molar-refractivity contribution in [2.75, 3.05) is 30.4 Å². The van der Waals surface area contributed by atoms with Crippen LogP contribution in [0.25, 0.3) is 0 Å².